The largest absolute Gasteiger partial charge is 0.399 e. The zero-order valence-electron chi connectivity index (χ0n) is 10.3. The number of nitrogens with zero attached hydrogens (tertiary/aromatic N) is 1. The van der Waals surface area contributed by atoms with Gasteiger partial charge in [-0.2, -0.15) is 0 Å². The minimum absolute atomic E-state index is 0.202. The van der Waals surface area contributed by atoms with Crippen LogP contribution in [0, 0.1) is 11.7 Å². The fraction of sp³-hybridized carbons (Fsp3) is 0.538. The number of hydrogen-bond acceptors (Lipinski definition) is 3. The van der Waals surface area contributed by atoms with Crippen molar-refractivity contribution in [2.24, 2.45) is 5.92 Å². The van der Waals surface area contributed by atoms with E-state index in [-0.39, 0.29) is 11.9 Å². The molecule has 1 aromatic carbocycles. The van der Waals surface area contributed by atoms with Crippen molar-refractivity contribution in [2.75, 3.05) is 30.8 Å². The summed E-state index contributed by atoms with van der Waals surface area (Å²) in [5, 5.41) is 0. The number of anilines is 2. The molecule has 0 spiro atoms. The molecule has 1 aliphatic rings. The van der Waals surface area contributed by atoms with E-state index in [1.807, 2.05) is 6.07 Å². The first-order valence-electron chi connectivity index (χ1n) is 5.94. The van der Waals surface area contributed by atoms with Gasteiger partial charge in [-0.3, -0.25) is 0 Å². The molecule has 0 radical (unpaired) electrons. The molecular formula is C13H19FN2O. The molecule has 1 fully saturated rings. The molecule has 4 heteroatoms. The molecule has 0 amide bonds. The highest BCUT2D eigenvalue weighted by Gasteiger charge is 2.26. The van der Waals surface area contributed by atoms with Crippen molar-refractivity contribution in [3.8, 4) is 0 Å². The molecule has 1 heterocycles. The van der Waals surface area contributed by atoms with E-state index in [1.165, 1.54) is 12.1 Å². The Morgan fingerprint density at radius 1 is 1.41 bits per heavy atom. The van der Waals surface area contributed by atoms with Crippen LogP contribution in [0.25, 0.3) is 0 Å². The number of benzene rings is 1. The third kappa shape index (κ3) is 2.69. The SMILES string of the molecule is COC1CN(c2cc(N)cc(F)c2)CCC1C. The maximum Gasteiger partial charge on any atom is 0.127 e. The van der Waals surface area contributed by atoms with Gasteiger partial charge in [0.15, 0.2) is 0 Å². The van der Waals surface area contributed by atoms with Gasteiger partial charge in [-0.1, -0.05) is 6.92 Å². The van der Waals surface area contributed by atoms with Crippen molar-refractivity contribution >= 4 is 11.4 Å². The van der Waals surface area contributed by atoms with Gasteiger partial charge in [0.25, 0.3) is 0 Å². The van der Waals surface area contributed by atoms with Gasteiger partial charge in [0.2, 0.25) is 0 Å². The van der Waals surface area contributed by atoms with E-state index in [2.05, 4.69) is 11.8 Å². The highest BCUT2D eigenvalue weighted by molar-refractivity contribution is 5.56. The van der Waals surface area contributed by atoms with E-state index in [4.69, 9.17) is 10.5 Å². The molecule has 94 valence electrons. The zero-order chi connectivity index (χ0) is 12.4. The first kappa shape index (κ1) is 12.2. The number of nitrogen functional groups attached to an aromatic ring is 1. The number of methoxy groups -OCH3 is 1. The average molecular weight is 238 g/mol. The Bertz CT molecular complexity index is 377. The standard InChI is InChI=1S/C13H19FN2O/c1-9-3-4-16(8-13(9)17-2)12-6-10(14)5-11(15)7-12/h5-7,9,13H,3-4,8,15H2,1-2H3. The van der Waals surface area contributed by atoms with Gasteiger partial charge in [-0.15, -0.1) is 0 Å². The smallest absolute Gasteiger partial charge is 0.127 e. The first-order valence-corrected chi connectivity index (χ1v) is 5.94. The van der Waals surface area contributed by atoms with Crippen molar-refractivity contribution in [3.05, 3.63) is 24.0 Å². The van der Waals surface area contributed by atoms with Crippen LogP contribution < -0.4 is 10.6 Å². The van der Waals surface area contributed by atoms with E-state index in [0.29, 0.717) is 11.6 Å². The maximum absolute atomic E-state index is 13.3. The van der Waals surface area contributed by atoms with Crippen molar-refractivity contribution in [2.45, 2.75) is 19.4 Å². The van der Waals surface area contributed by atoms with E-state index < -0.39 is 0 Å². The molecule has 0 bridgehead atoms. The Morgan fingerprint density at radius 2 is 2.18 bits per heavy atom. The lowest BCUT2D eigenvalue weighted by molar-refractivity contribution is 0.0498. The third-order valence-electron chi connectivity index (χ3n) is 3.46. The monoisotopic (exact) mass is 238 g/mol. The molecule has 1 saturated heterocycles. The van der Waals surface area contributed by atoms with Crippen LogP contribution in [-0.2, 0) is 4.74 Å². The van der Waals surface area contributed by atoms with Gasteiger partial charge in [0, 0.05) is 31.6 Å². The highest BCUT2D eigenvalue weighted by Crippen LogP contribution is 2.26. The van der Waals surface area contributed by atoms with Crippen LogP contribution in [0.3, 0.4) is 0 Å². The Hall–Kier alpha value is -1.29. The number of nitrogens with two attached hydrogens (primary N) is 1. The molecule has 2 N–H and O–H groups in total. The number of ether oxygens (including phenoxy) is 1. The summed E-state index contributed by atoms with van der Waals surface area (Å²) >= 11 is 0. The van der Waals surface area contributed by atoms with E-state index >= 15 is 0 Å². The van der Waals surface area contributed by atoms with Crippen molar-refractivity contribution < 1.29 is 9.13 Å². The van der Waals surface area contributed by atoms with Crippen LogP contribution in [0.15, 0.2) is 18.2 Å². The quantitative estimate of drug-likeness (QED) is 0.803. The molecule has 17 heavy (non-hydrogen) atoms. The van der Waals surface area contributed by atoms with Gasteiger partial charge < -0.3 is 15.4 Å². The van der Waals surface area contributed by atoms with Crippen LogP contribution in [0.2, 0.25) is 0 Å². The molecule has 1 aromatic rings. The highest BCUT2D eigenvalue weighted by atomic mass is 19.1. The lowest BCUT2D eigenvalue weighted by Crippen LogP contribution is -2.44. The van der Waals surface area contributed by atoms with Gasteiger partial charge >= 0.3 is 0 Å². The molecule has 2 unspecified atom stereocenters. The summed E-state index contributed by atoms with van der Waals surface area (Å²) in [6.45, 7) is 3.90. The summed E-state index contributed by atoms with van der Waals surface area (Å²) in [5.41, 5.74) is 6.97. The molecule has 0 aromatic heterocycles. The molecule has 0 saturated carbocycles. The van der Waals surface area contributed by atoms with Crippen LogP contribution in [0.5, 0.6) is 0 Å². The molecule has 2 rings (SSSR count). The summed E-state index contributed by atoms with van der Waals surface area (Å²) in [5.74, 6) is 0.259. The van der Waals surface area contributed by atoms with Crippen LogP contribution in [-0.4, -0.2) is 26.3 Å². The average Bonchev–Trinajstić information content (AvgIpc) is 2.28. The van der Waals surface area contributed by atoms with Crippen molar-refractivity contribution in [1.82, 2.24) is 0 Å². The minimum atomic E-state index is -0.285. The van der Waals surface area contributed by atoms with Crippen molar-refractivity contribution in [3.63, 3.8) is 0 Å². The van der Waals surface area contributed by atoms with Crippen LogP contribution >= 0.6 is 0 Å². The van der Waals surface area contributed by atoms with Crippen LogP contribution in [0.4, 0.5) is 15.8 Å². The third-order valence-corrected chi connectivity index (χ3v) is 3.46. The topological polar surface area (TPSA) is 38.5 Å². The predicted molar refractivity (Wildman–Crippen MR) is 67.6 cm³/mol. The van der Waals surface area contributed by atoms with Crippen LogP contribution in [0.1, 0.15) is 13.3 Å². The molecule has 1 aliphatic heterocycles. The van der Waals surface area contributed by atoms with E-state index in [1.54, 1.807) is 7.11 Å². The second-order valence-corrected chi connectivity index (χ2v) is 4.73. The Balaban J connectivity index is 2.17. The summed E-state index contributed by atoms with van der Waals surface area (Å²) < 4.78 is 18.7. The summed E-state index contributed by atoms with van der Waals surface area (Å²) in [6, 6.07) is 4.68. The summed E-state index contributed by atoms with van der Waals surface area (Å²) in [6.07, 6.45) is 1.25. The molecule has 2 atom stereocenters. The lowest BCUT2D eigenvalue weighted by atomic mass is 9.95. The zero-order valence-corrected chi connectivity index (χ0v) is 10.3. The second kappa shape index (κ2) is 4.92. The number of rotatable bonds is 2. The number of halogens is 1. The second-order valence-electron chi connectivity index (χ2n) is 4.73. The lowest BCUT2D eigenvalue weighted by Gasteiger charge is -2.37. The number of hydrogen-bond donors (Lipinski definition) is 1. The minimum Gasteiger partial charge on any atom is -0.399 e. The van der Waals surface area contributed by atoms with E-state index in [9.17, 15) is 4.39 Å². The van der Waals surface area contributed by atoms with Gasteiger partial charge in [-0.05, 0) is 30.5 Å². The normalized spacial score (nSPS) is 25.0. The van der Waals surface area contributed by atoms with Gasteiger partial charge in [0.05, 0.1) is 6.10 Å². The van der Waals surface area contributed by atoms with Gasteiger partial charge in [-0.25, -0.2) is 4.39 Å². The molecule has 3 nitrogen and oxygen atoms in total. The Kier molecular flexibility index (Phi) is 3.52. The van der Waals surface area contributed by atoms with E-state index in [0.717, 1.165) is 25.2 Å². The predicted octanol–water partition coefficient (Wildman–Crippen LogP) is 2.27. The molecular weight excluding hydrogens is 219 g/mol. The number of piperidine rings is 1. The fourth-order valence-electron chi connectivity index (χ4n) is 2.35. The summed E-state index contributed by atoms with van der Waals surface area (Å²) in [4.78, 5) is 2.13. The van der Waals surface area contributed by atoms with Crippen molar-refractivity contribution in [1.29, 1.82) is 0 Å². The maximum atomic E-state index is 13.3. The Labute approximate surface area is 101 Å². The fourth-order valence-corrected chi connectivity index (χ4v) is 2.35. The first-order chi connectivity index (χ1) is 8.10. The summed E-state index contributed by atoms with van der Waals surface area (Å²) in [7, 11) is 1.73. The molecule has 0 aliphatic carbocycles. The van der Waals surface area contributed by atoms with Gasteiger partial charge in [0.1, 0.15) is 5.82 Å². The Morgan fingerprint density at radius 3 is 2.82 bits per heavy atom.